The van der Waals surface area contributed by atoms with Gasteiger partial charge < -0.3 is 9.32 Å². The molecular formula is C56H37NO. The summed E-state index contributed by atoms with van der Waals surface area (Å²) in [4.78, 5) is 1.35. The molecule has 0 spiro atoms. The molecule has 0 amide bonds. The summed E-state index contributed by atoms with van der Waals surface area (Å²) in [6, 6.07) is 52.8. The number of anilines is 3. The van der Waals surface area contributed by atoms with Gasteiger partial charge in [0.05, 0.1) is 11.0 Å². The van der Waals surface area contributed by atoms with Gasteiger partial charge in [-0.3, -0.25) is 0 Å². The van der Waals surface area contributed by atoms with E-state index in [2.05, 4.69) is 18.2 Å². The van der Waals surface area contributed by atoms with Crippen LogP contribution in [-0.4, -0.2) is 0 Å². The highest BCUT2D eigenvalue weighted by Gasteiger charge is 2.17. The molecule has 0 saturated carbocycles. The van der Waals surface area contributed by atoms with Gasteiger partial charge in [0.1, 0.15) is 11.2 Å². The molecule has 0 atom stereocenters. The highest BCUT2D eigenvalue weighted by Crippen LogP contribution is 2.42. The predicted molar refractivity (Wildman–Crippen MR) is 245 cm³/mol. The molecule has 11 aromatic rings. The first-order valence-corrected chi connectivity index (χ1v) is 19.2. The molecule has 11 rings (SSSR count). The lowest BCUT2D eigenvalue weighted by atomic mass is 9.97. The van der Waals surface area contributed by atoms with Gasteiger partial charge in [0.25, 0.3) is 0 Å². The molecule has 10 aromatic carbocycles. The molecular weight excluding hydrogens is 703 g/mol. The minimum atomic E-state index is -0.405. The van der Waals surface area contributed by atoms with Crippen LogP contribution in [0.15, 0.2) is 229 Å². The van der Waals surface area contributed by atoms with Crippen molar-refractivity contribution in [3.8, 4) is 44.5 Å². The van der Waals surface area contributed by atoms with E-state index in [0.29, 0.717) is 16.8 Å². The van der Waals surface area contributed by atoms with Crippen LogP contribution in [0.4, 0.5) is 17.1 Å². The van der Waals surface area contributed by atoms with Crippen LogP contribution in [0.3, 0.4) is 0 Å². The van der Waals surface area contributed by atoms with Gasteiger partial charge in [0.15, 0.2) is 0 Å². The van der Waals surface area contributed by atoms with Crippen LogP contribution in [0.25, 0.3) is 88.0 Å². The number of fused-ring (bicyclic) bond motifs is 6. The molecule has 0 unspecified atom stereocenters. The lowest BCUT2D eigenvalue weighted by molar-refractivity contribution is 0.673. The van der Waals surface area contributed by atoms with Crippen LogP contribution >= 0.6 is 0 Å². The van der Waals surface area contributed by atoms with Gasteiger partial charge in [-0.15, -0.1) is 0 Å². The highest BCUT2D eigenvalue weighted by molar-refractivity contribution is 6.19. The second-order valence-electron chi connectivity index (χ2n) is 14.3. The number of nitrogens with zero attached hydrogens (tertiary/aromatic N) is 1. The third-order valence-electron chi connectivity index (χ3n) is 10.8. The Bertz CT molecular complexity index is 3700. The van der Waals surface area contributed by atoms with E-state index in [-0.39, 0.29) is 46.7 Å². The quantitative estimate of drug-likeness (QED) is 0.161. The summed E-state index contributed by atoms with van der Waals surface area (Å²) in [6.07, 6.45) is 0. The van der Waals surface area contributed by atoms with Gasteiger partial charge >= 0.3 is 0 Å². The zero-order valence-corrected chi connectivity index (χ0v) is 31.1. The van der Waals surface area contributed by atoms with Crippen molar-refractivity contribution in [2.24, 2.45) is 0 Å². The first-order chi connectivity index (χ1) is 32.1. The maximum atomic E-state index is 9.60. The molecule has 58 heavy (non-hydrogen) atoms. The summed E-state index contributed by atoms with van der Waals surface area (Å²) in [5, 5.41) is 5.80. The van der Waals surface area contributed by atoms with Crippen molar-refractivity contribution in [2.75, 3.05) is 4.90 Å². The lowest BCUT2D eigenvalue weighted by Gasteiger charge is -2.26. The number of furan rings is 1. The Hall–Kier alpha value is -7.68. The third kappa shape index (κ3) is 6.00. The number of benzene rings is 10. The zero-order chi connectivity index (χ0) is 45.4. The average molecular weight is 748 g/mol. The Morgan fingerprint density at radius 1 is 0.345 bits per heavy atom. The smallest absolute Gasteiger partial charge is 0.143 e. The van der Waals surface area contributed by atoms with E-state index >= 15 is 0 Å². The van der Waals surface area contributed by atoms with Crippen molar-refractivity contribution in [1.29, 1.82) is 0 Å². The van der Waals surface area contributed by atoms with Crippen molar-refractivity contribution < 1.29 is 15.4 Å². The largest absolute Gasteiger partial charge is 0.455 e. The van der Waals surface area contributed by atoms with Crippen molar-refractivity contribution >= 4 is 60.5 Å². The number of hydrogen-bond acceptors (Lipinski definition) is 2. The molecule has 1 aromatic heterocycles. The van der Waals surface area contributed by atoms with E-state index in [9.17, 15) is 11.0 Å². The SMILES string of the molecule is [2H]c1c([2H])c(N(c2ccc(-c3cccc4oc5c6ccccc6ccc5c34)cc2)c2c([2H])c([2H])c(-c3ccc4ccccc4c3)c([2H])c2[2H])c([2H])c([2H])c1-c1cccc(-c2ccccc2)c1. The molecule has 0 saturated heterocycles. The minimum absolute atomic E-state index is 0.0984. The van der Waals surface area contributed by atoms with E-state index in [1.807, 2.05) is 133 Å². The monoisotopic (exact) mass is 747 g/mol. The fourth-order valence-electron chi connectivity index (χ4n) is 7.91. The lowest BCUT2D eigenvalue weighted by Crippen LogP contribution is -2.09. The second-order valence-corrected chi connectivity index (χ2v) is 14.3. The topological polar surface area (TPSA) is 16.4 Å². The van der Waals surface area contributed by atoms with Gasteiger partial charge in [0.2, 0.25) is 0 Å². The maximum Gasteiger partial charge on any atom is 0.143 e. The van der Waals surface area contributed by atoms with E-state index in [1.54, 1.807) is 24.3 Å². The first kappa shape index (κ1) is 26.2. The predicted octanol–water partition coefficient (Wildman–Crippen LogP) is 16.0. The molecule has 1 heterocycles. The van der Waals surface area contributed by atoms with Crippen LogP contribution in [-0.2, 0) is 0 Å². The van der Waals surface area contributed by atoms with Crippen LogP contribution in [0, 0.1) is 0 Å². The molecule has 272 valence electrons. The summed E-state index contributed by atoms with van der Waals surface area (Å²) in [5.74, 6) is 0. The Morgan fingerprint density at radius 3 is 1.66 bits per heavy atom. The van der Waals surface area contributed by atoms with E-state index in [4.69, 9.17) is 4.42 Å². The van der Waals surface area contributed by atoms with Crippen LogP contribution in [0.1, 0.15) is 11.0 Å². The van der Waals surface area contributed by atoms with Gasteiger partial charge in [0, 0.05) is 33.2 Å². The van der Waals surface area contributed by atoms with Gasteiger partial charge in [-0.05, 0) is 121 Å². The summed E-state index contributed by atoms with van der Waals surface area (Å²) < 4.78 is 82.5. The van der Waals surface area contributed by atoms with Gasteiger partial charge in [-0.1, -0.05) is 164 Å². The number of hydrogen-bond donors (Lipinski definition) is 0. The molecule has 0 fully saturated rings. The van der Waals surface area contributed by atoms with Crippen LogP contribution in [0.5, 0.6) is 0 Å². The van der Waals surface area contributed by atoms with Gasteiger partial charge in [-0.25, -0.2) is 0 Å². The van der Waals surface area contributed by atoms with Crippen molar-refractivity contribution in [2.45, 2.75) is 0 Å². The Morgan fingerprint density at radius 2 is 0.914 bits per heavy atom. The molecule has 0 radical (unpaired) electrons. The van der Waals surface area contributed by atoms with Crippen molar-refractivity contribution in [3.05, 3.63) is 224 Å². The maximum absolute atomic E-state index is 9.60. The van der Waals surface area contributed by atoms with E-state index < -0.39 is 24.2 Å². The highest BCUT2D eigenvalue weighted by atomic mass is 16.3. The molecule has 2 nitrogen and oxygen atoms in total. The zero-order valence-electron chi connectivity index (χ0n) is 39.1. The fourth-order valence-corrected chi connectivity index (χ4v) is 7.91. The minimum Gasteiger partial charge on any atom is -0.455 e. The average Bonchev–Trinajstić information content (AvgIpc) is 3.75. The molecule has 0 aliphatic carbocycles. The second kappa shape index (κ2) is 14.1. The molecule has 0 aliphatic rings. The summed E-state index contributed by atoms with van der Waals surface area (Å²) >= 11 is 0. The van der Waals surface area contributed by atoms with Crippen LogP contribution in [0.2, 0.25) is 0 Å². The van der Waals surface area contributed by atoms with E-state index in [1.165, 1.54) is 4.90 Å². The number of rotatable bonds is 7. The molecule has 2 heteroatoms. The Balaban J connectivity index is 1.11. The summed E-state index contributed by atoms with van der Waals surface area (Å²) in [5.41, 5.74) is 6.10. The first-order valence-electron chi connectivity index (χ1n) is 23.2. The van der Waals surface area contributed by atoms with Crippen molar-refractivity contribution in [1.82, 2.24) is 0 Å². The Kier molecular flexibility index (Phi) is 6.38. The fraction of sp³-hybridized carbons (Fsp3) is 0. The standard InChI is InChI=1S/C56H37NO/c1-2-10-38(11-3-1)45-15-8-16-46(36-45)40-22-29-48(30-23-40)57(49-31-24-41(25-32-49)47-21-20-39-12-4-5-14-44(39)37-47)50-33-26-43(27-34-50)51-18-9-19-54-55(51)53-35-28-42-13-6-7-17-52(42)56(53)58-54/h1-37H/i22D,23D,24D,25D,29D,30D,31D,32D. The van der Waals surface area contributed by atoms with Gasteiger partial charge in [-0.2, -0.15) is 0 Å². The van der Waals surface area contributed by atoms with Crippen molar-refractivity contribution in [3.63, 3.8) is 0 Å². The molecule has 0 N–H and O–H groups in total. The summed E-state index contributed by atoms with van der Waals surface area (Å²) in [7, 11) is 0. The normalized spacial score (nSPS) is 13.4. The molecule has 0 aliphatic heterocycles. The molecule has 0 bridgehead atoms. The third-order valence-corrected chi connectivity index (χ3v) is 10.8. The van der Waals surface area contributed by atoms with E-state index in [0.717, 1.165) is 65.7 Å². The Labute approximate surface area is 348 Å². The summed E-state index contributed by atoms with van der Waals surface area (Å²) in [6.45, 7) is 0. The van der Waals surface area contributed by atoms with Crippen LogP contribution < -0.4 is 4.90 Å².